The minimum Gasteiger partial charge on any atom is -0.513 e. The maximum absolute atomic E-state index is 9.33. The van der Waals surface area contributed by atoms with Gasteiger partial charge in [0, 0.05) is 18.3 Å². The molecular formula is C13H13N3O2. The van der Waals surface area contributed by atoms with Crippen LogP contribution in [0.25, 0.3) is 23.3 Å². The predicted octanol–water partition coefficient (Wildman–Crippen LogP) is 2.86. The molecule has 2 N–H and O–H groups in total. The van der Waals surface area contributed by atoms with E-state index in [-0.39, 0.29) is 11.5 Å². The van der Waals surface area contributed by atoms with Gasteiger partial charge in [-0.05, 0) is 26.0 Å². The first-order chi connectivity index (χ1) is 8.56. The molecule has 2 rings (SSSR count). The average Bonchev–Trinajstić information content (AvgIpc) is 2.28. The summed E-state index contributed by atoms with van der Waals surface area (Å²) in [6.45, 7) is 3.10. The third kappa shape index (κ3) is 2.63. The molecule has 5 nitrogen and oxygen atoms in total. The summed E-state index contributed by atoms with van der Waals surface area (Å²) in [5.41, 5.74) is 2.09. The lowest BCUT2D eigenvalue weighted by atomic mass is 10.2. The Labute approximate surface area is 104 Å². The largest absolute Gasteiger partial charge is 0.513 e. The Hall–Kier alpha value is -2.43. The summed E-state index contributed by atoms with van der Waals surface area (Å²) in [5, 5.41) is 18.7. The van der Waals surface area contributed by atoms with Gasteiger partial charge in [-0.25, -0.2) is 15.0 Å². The van der Waals surface area contributed by atoms with E-state index in [2.05, 4.69) is 15.0 Å². The van der Waals surface area contributed by atoms with Crippen LogP contribution in [0, 0.1) is 0 Å². The van der Waals surface area contributed by atoms with Crippen molar-refractivity contribution >= 4 is 23.3 Å². The lowest BCUT2D eigenvalue weighted by Crippen LogP contribution is -1.96. The fraction of sp³-hybridized carbons (Fsp3) is 0.154. The number of aliphatic hydroxyl groups excluding tert-OH is 2. The molecule has 0 aliphatic rings. The SMILES string of the molecule is C/C(O)=C\c1nc2cccnc2nc1/C=C(\C)O. The Morgan fingerprint density at radius 1 is 1.06 bits per heavy atom. The zero-order valence-corrected chi connectivity index (χ0v) is 10.1. The molecule has 0 fully saturated rings. The first-order valence-electron chi connectivity index (χ1n) is 5.43. The first kappa shape index (κ1) is 12.0. The average molecular weight is 243 g/mol. The van der Waals surface area contributed by atoms with Crippen molar-refractivity contribution in [2.75, 3.05) is 0 Å². The van der Waals surface area contributed by atoms with E-state index in [1.807, 2.05) is 0 Å². The lowest BCUT2D eigenvalue weighted by Gasteiger charge is -2.03. The highest BCUT2D eigenvalue weighted by atomic mass is 16.3. The van der Waals surface area contributed by atoms with Gasteiger partial charge in [0.15, 0.2) is 5.65 Å². The summed E-state index contributed by atoms with van der Waals surface area (Å²) in [6.07, 6.45) is 4.60. The van der Waals surface area contributed by atoms with Gasteiger partial charge in [-0.2, -0.15) is 0 Å². The molecule has 0 spiro atoms. The van der Waals surface area contributed by atoms with E-state index < -0.39 is 0 Å². The number of allylic oxidation sites excluding steroid dienone is 2. The van der Waals surface area contributed by atoms with Crippen LogP contribution in [-0.4, -0.2) is 25.2 Å². The highest BCUT2D eigenvalue weighted by Gasteiger charge is 2.06. The quantitative estimate of drug-likeness (QED) is 0.793. The van der Waals surface area contributed by atoms with Crippen molar-refractivity contribution in [1.82, 2.24) is 15.0 Å². The van der Waals surface area contributed by atoms with E-state index >= 15 is 0 Å². The second kappa shape index (κ2) is 4.83. The highest BCUT2D eigenvalue weighted by molar-refractivity contribution is 5.74. The first-order valence-corrected chi connectivity index (χ1v) is 5.43. The highest BCUT2D eigenvalue weighted by Crippen LogP contribution is 2.15. The molecule has 0 unspecified atom stereocenters. The van der Waals surface area contributed by atoms with Crippen molar-refractivity contribution in [3.63, 3.8) is 0 Å². The second-order valence-electron chi connectivity index (χ2n) is 3.91. The maximum atomic E-state index is 9.33. The van der Waals surface area contributed by atoms with Gasteiger partial charge in [-0.1, -0.05) is 0 Å². The molecule has 0 aliphatic carbocycles. The van der Waals surface area contributed by atoms with E-state index in [1.54, 1.807) is 32.2 Å². The Balaban J connectivity index is 2.71. The van der Waals surface area contributed by atoms with Crippen LogP contribution < -0.4 is 0 Å². The van der Waals surface area contributed by atoms with Gasteiger partial charge < -0.3 is 10.2 Å². The number of fused-ring (bicyclic) bond motifs is 1. The molecule has 0 bridgehead atoms. The molecule has 2 heterocycles. The number of aromatic nitrogens is 3. The van der Waals surface area contributed by atoms with Crippen LogP contribution >= 0.6 is 0 Å². The van der Waals surface area contributed by atoms with Gasteiger partial charge in [-0.3, -0.25) is 0 Å². The van der Waals surface area contributed by atoms with Crippen LogP contribution in [0.4, 0.5) is 0 Å². The Morgan fingerprint density at radius 2 is 1.67 bits per heavy atom. The molecule has 0 aromatic carbocycles. The zero-order chi connectivity index (χ0) is 13.1. The molecule has 0 radical (unpaired) electrons. The van der Waals surface area contributed by atoms with Crippen LogP contribution in [0.2, 0.25) is 0 Å². The smallest absolute Gasteiger partial charge is 0.178 e. The van der Waals surface area contributed by atoms with Crippen LogP contribution in [0.5, 0.6) is 0 Å². The van der Waals surface area contributed by atoms with Gasteiger partial charge in [0.05, 0.1) is 22.9 Å². The van der Waals surface area contributed by atoms with Crippen LogP contribution in [-0.2, 0) is 0 Å². The standard InChI is InChI=1S/C13H13N3O2/c1-8(17)6-11-12(7-9(2)18)16-13-10(15-11)4-3-5-14-13/h3-7,17-18H,1-2H3/b8-6+,9-7+. The summed E-state index contributed by atoms with van der Waals surface area (Å²) < 4.78 is 0. The maximum Gasteiger partial charge on any atom is 0.178 e. The molecule has 92 valence electrons. The summed E-state index contributed by atoms with van der Waals surface area (Å²) in [6, 6.07) is 3.56. The van der Waals surface area contributed by atoms with Crippen molar-refractivity contribution in [2.24, 2.45) is 0 Å². The number of hydrogen-bond donors (Lipinski definition) is 2. The summed E-state index contributed by atoms with van der Waals surface area (Å²) in [4.78, 5) is 12.8. The van der Waals surface area contributed by atoms with Crippen LogP contribution in [0.3, 0.4) is 0 Å². The molecule has 5 heteroatoms. The normalized spacial score (nSPS) is 13.0. The Bertz CT molecular complexity index is 583. The summed E-state index contributed by atoms with van der Waals surface area (Å²) in [5.74, 6) is 0.239. The summed E-state index contributed by atoms with van der Waals surface area (Å²) in [7, 11) is 0. The van der Waals surface area contributed by atoms with Gasteiger partial charge in [-0.15, -0.1) is 0 Å². The number of hydrogen-bond acceptors (Lipinski definition) is 5. The van der Waals surface area contributed by atoms with Crippen LogP contribution in [0.15, 0.2) is 29.8 Å². The van der Waals surface area contributed by atoms with Crippen molar-refractivity contribution in [1.29, 1.82) is 0 Å². The topological polar surface area (TPSA) is 79.1 Å². The van der Waals surface area contributed by atoms with Gasteiger partial charge >= 0.3 is 0 Å². The molecule has 0 aliphatic heterocycles. The fourth-order valence-corrected chi connectivity index (χ4v) is 1.53. The lowest BCUT2D eigenvalue weighted by molar-refractivity contribution is 0.418. The van der Waals surface area contributed by atoms with Gasteiger partial charge in [0.25, 0.3) is 0 Å². The van der Waals surface area contributed by atoms with E-state index in [0.29, 0.717) is 22.6 Å². The van der Waals surface area contributed by atoms with Crippen LogP contribution in [0.1, 0.15) is 25.2 Å². The van der Waals surface area contributed by atoms with Crippen molar-refractivity contribution < 1.29 is 10.2 Å². The molecule has 2 aromatic heterocycles. The Kier molecular flexibility index (Phi) is 3.23. The Morgan fingerprint density at radius 3 is 2.28 bits per heavy atom. The molecule has 0 saturated carbocycles. The summed E-state index contributed by atoms with van der Waals surface area (Å²) >= 11 is 0. The molecule has 0 amide bonds. The number of rotatable bonds is 2. The number of aliphatic hydroxyl groups is 2. The third-order valence-electron chi connectivity index (χ3n) is 2.19. The minimum atomic E-state index is 0.116. The third-order valence-corrected chi connectivity index (χ3v) is 2.19. The molecular weight excluding hydrogens is 230 g/mol. The van der Waals surface area contributed by atoms with Gasteiger partial charge in [0.2, 0.25) is 0 Å². The molecule has 2 aromatic rings. The van der Waals surface area contributed by atoms with E-state index in [4.69, 9.17) is 0 Å². The number of nitrogens with zero attached hydrogens (tertiary/aromatic N) is 3. The van der Waals surface area contributed by atoms with Crippen molar-refractivity contribution in [2.45, 2.75) is 13.8 Å². The zero-order valence-electron chi connectivity index (χ0n) is 10.1. The minimum absolute atomic E-state index is 0.116. The van der Waals surface area contributed by atoms with E-state index in [0.717, 1.165) is 0 Å². The molecule has 18 heavy (non-hydrogen) atoms. The monoisotopic (exact) mass is 243 g/mol. The van der Waals surface area contributed by atoms with E-state index in [9.17, 15) is 10.2 Å². The molecule has 0 saturated heterocycles. The molecule has 0 atom stereocenters. The van der Waals surface area contributed by atoms with Crippen molar-refractivity contribution in [3.8, 4) is 0 Å². The number of pyridine rings is 1. The van der Waals surface area contributed by atoms with E-state index in [1.165, 1.54) is 12.2 Å². The fourth-order valence-electron chi connectivity index (χ4n) is 1.53. The predicted molar refractivity (Wildman–Crippen MR) is 69.9 cm³/mol. The van der Waals surface area contributed by atoms with Gasteiger partial charge in [0.1, 0.15) is 5.52 Å². The van der Waals surface area contributed by atoms with Crippen molar-refractivity contribution in [3.05, 3.63) is 41.2 Å². The second-order valence-corrected chi connectivity index (χ2v) is 3.91.